The van der Waals surface area contributed by atoms with E-state index in [9.17, 15) is 19.2 Å². The van der Waals surface area contributed by atoms with Gasteiger partial charge in [-0.25, -0.2) is 9.59 Å². The van der Waals surface area contributed by atoms with Gasteiger partial charge in [0.25, 0.3) is 11.8 Å². The average molecular weight is 797 g/mol. The van der Waals surface area contributed by atoms with E-state index >= 15 is 0 Å². The van der Waals surface area contributed by atoms with Crippen molar-refractivity contribution in [2.24, 2.45) is 0 Å². The first-order valence-corrected chi connectivity index (χ1v) is 26.0. The molecule has 2 aliphatic rings. The molecule has 2 atom stereocenters. The van der Waals surface area contributed by atoms with Crippen molar-refractivity contribution in [1.29, 1.82) is 0 Å². The monoisotopic (exact) mass is 796 g/mol. The second-order valence-corrected chi connectivity index (χ2v) is 27.4. The lowest BCUT2D eigenvalue weighted by atomic mass is 10.1. The van der Waals surface area contributed by atoms with Gasteiger partial charge >= 0.3 is 11.9 Å². The van der Waals surface area contributed by atoms with Crippen LogP contribution in [0.1, 0.15) is 51.6 Å². The molecule has 55 heavy (non-hydrogen) atoms. The van der Waals surface area contributed by atoms with E-state index in [1.807, 2.05) is 45.0 Å². The second-order valence-electron chi connectivity index (χ2n) is 16.2. The number of methoxy groups -OCH3 is 2. The average Bonchev–Trinajstić information content (AvgIpc) is 3.77. The summed E-state index contributed by atoms with van der Waals surface area (Å²) in [6.07, 6.45) is 6.05. The Morgan fingerprint density at radius 2 is 1.13 bits per heavy atom. The first-order valence-electron chi connectivity index (χ1n) is 18.6. The van der Waals surface area contributed by atoms with Crippen LogP contribution in [-0.4, -0.2) is 103 Å². The van der Waals surface area contributed by atoms with Gasteiger partial charge in [0.05, 0.1) is 25.3 Å². The quantitative estimate of drug-likeness (QED) is 0.0726. The molecule has 2 aromatic carbocycles. The highest BCUT2D eigenvalue weighted by Crippen LogP contribution is 2.30. The molecule has 0 N–H and O–H groups in total. The zero-order valence-corrected chi connectivity index (χ0v) is 36.5. The van der Waals surface area contributed by atoms with E-state index in [1.165, 1.54) is 24.0 Å². The fourth-order valence-corrected chi connectivity index (χ4v) is 7.32. The number of esters is 2. The van der Waals surface area contributed by atoms with Crippen LogP contribution in [0, 0.1) is 13.8 Å². The Balaban J connectivity index is 0.000000296. The van der Waals surface area contributed by atoms with Crippen molar-refractivity contribution in [3.63, 3.8) is 0 Å². The molecular weight excluding hydrogens is 737 g/mol. The SMILES string of the molecule is COC(=O)[C@@H]1CC(C)=CN1C(=O)c1c(C)cccc1OCOCC[Si](C)(C)C.COC(=O)[C@@H]1CC=CN1C(=O)c1c(C)cccc1OCOCC[Si](C)(C)C. The van der Waals surface area contributed by atoms with Gasteiger partial charge in [-0.2, -0.15) is 0 Å². The fraction of sp³-hybridized carbons (Fsp3) is 0.512. The summed E-state index contributed by atoms with van der Waals surface area (Å²) >= 11 is 0. The topological polar surface area (TPSA) is 130 Å². The van der Waals surface area contributed by atoms with Crippen LogP contribution in [0.4, 0.5) is 0 Å². The van der Waals surface area contributed by atoms with Crippen LogP contribution < -0.4 is 9.47 Å². The predicted octanol–water partition coefficient (Wildman–Crippen LogP) is 7.56. The largest absolute Gasteiger partial charge is 0.467 e. The Kier molecular flexibility index (Phi) is 16.9. The van der Waals surface area contributed by atoms with Crippen LogP contribution in [0.3, 0.4) is 0 Å². The van der Waals surface area contributed by atoms with Gasteiger partial charge in [-0.05, 0) is 62.5 Å². The number of carbonyl (C=O) groups is 4. The number of ether oxygens (including phenoxy) is 6. The molecule has 0 aliphatic carbocycles. The third-order valence-corrected chi connectivity index (χ3v) is 12.5. The van der Waals surface area contributed by atoms with Gasteiger partial charge in [-0.3, -0.25) is 9.59 Å². The van der Waals surface area contributed by atoms with Gasteiger partial charge in [0, 0.05) is 48.2 Å². The van der Waals surface area contributed by atoms with Gasteiger partial charge in [0.2, 0.25) is 0 Å². The summed E-state index contributed by atoms with van der Waals surface area (Å²) in [5, 5.41) is 0. The summed E-state index contributed by atoms with van der Waals surface area (Å²) in [7, 11) is 0.336. The molecule has 14 heteroatoms. The summed E-state index contributed by atoms with van der Waals surface area (Å²) in [6, 6.07) is 11.7. The zero-order valence-electron chi connectivity index (χ0n) is 34.5. The van der Waals surface area contributed by atoms with Crippen LogP contribution in [0.5, 0.6) is 11.5 Å². The Morgan fingerprint density at radius 3 is 1.58 bits per heavy atom. The summed E-state index contributed by atoms with van der Waals surface area (Å²) < 4.78 is 32.4. The molecule has 0 aromatic heterocycles. The third kappa shape index (κ3) is 13.5. The van der Waals surface area contributed by atoms with Crippen molar-refractivity contribution in [2.75, 3.05) is 41.0 Å². The number of hydrogen-bond donors (Lipinski definition) is 0. The van der Waals surface area contributed by atoms with E-state index < -0.39 is 40.2 Å². The molecule has 4 rings (SSSR count). The number of nitrogens with zero attached hydrogens (tertiary/aromatic N) is 2. The van der Waals surface area contributed by atoms with Gasteiger partial charge in [-0.1, -0.05) is 75.2 Å². The summed E-state index contributed by atoms with van der Waals surface area (Å²) in [5.41, 5.74) is 3.40. The highest BCUT2D eigenvalue weighted by Gasteiger charge is 2.37. The molecule has 0 radical (unpaired) electrons. The Morgan fingerprint density at radius 1 is 0.673 bits per heavy atom. The fourth-order valence-electron chi connectivity index (χ4n) is 5.81. The molecule has 0 spiro atoms. The van der Waals surface area contributed by atoms with Crippen molar-refractivity contribution < 1.29 is 47.6 Å². The minimum absolute atomic E-state index is 0.0868. The molecule has 2 aliphatic heterocycles. The summed E-state index contributed by atoms with van der Waals surface area (Å²) in [5.74, 6) is -0.500. The van der Waals surface area contributed by atoms with E-state index in [4.69, 9.17) is 28.4 Å². The molecule has 2 aromatic rings. The standard InChI is InChI=1S/C21H31NO5Si.C20H29NO5Si/c1-15-12-17(21(24)25-3)22(13-15)20(23)19-16(2)8-7-9-18(19)27-14-26-10-11-28(4,5)6;1-15-8-6-10-17(26-14-25-12-13-27(3,4)5)18(15)19(22)21-11-7-9-16(21)20(23)24-2/h7-9,13,17H,10-12,14H2,1-6H3;6-8,10-11,16H,9,12-14H2,1-5H3/t17-;16-/m00/s1. The van der Waals surface area contributed by atoms with Crippen molar-refractivity contribution in [3.05, 3.63) is 82.7 Å². The van der Waals surface area contributed by atoms with E-state index in [2.05, 4.69) is 39.3 Å². The second kappa shape index (κ2) is 20.6. The Hall–Kier alpha value is -4.25. The van der Waals surface area contributed by atoms with Crippen molar-refractivity contribution in [3.8, 4) is 11.5 Å². The number of amides is 2. The molecule has 0 unspecified atom stereocenters. The lowest BCUT2D eigenvalue weighted by Crippen LogP contribution is -2.39. The van der Waals surface area contributed by atoms with Crippen LogP contribution in [0.15, 0.2) is 60.4 Å². The number of benzene rings is 2. The predicted molar refractivity (Wildman–Crippen MR) is 218 cm³/mol. The highest BCUT2D eigenvalue weighted by molar-refractivity contribution is 6.76. The van der Waals surface area contributed by atoms with E-state index in [-0.39, 0.29) is 25.4 Å². The van der Waals surface area contributed by atoms with Crippen LogP contribution >= 0.6 is 0 Å². The Labute approximate surface area is 328 Å². The minimum atomic E-state index is -1.16. The van der Waals surface area contributed by atoms with Gasteiger partial charge in [0.1, 0.15) is 23.6 Å². The zero-order chi connectivity index (χ0) is 40.9. The van der Waals surface area contributed by atoms with Crippen LogP contribution in [-0.2, 0) is 28.5 Å². The van der Waals surface area contributed by atoms with Crippen molar-refractivity contribution in [2.45, 2.75) is 97.1 Å². The lowest BCUT2D eigenvalue weighted by Gasteiger charge is -2.23. The normalized spacial score (nSPS) is 16.6. The molecule has 0 saturated heterocycles. The maximum atomic E-state index is 13.2. The maximum Gasteiger partial charge on any atom is 0.329 e. The number of aryl methyl sites for hydroxylation is 2. The lowest BCUT2D eigenvalue weighted by molar-refractivity contribution is -0.145. The molecule has 0 saturated carbocycles. The first kappa shape index (κ1) is 45.1. The highest BCUT2D eigenvalue weighted by atomic mass is 28.3. The molecule has 2 amide bonds. The summed E-state index contributed by atoms with van der Waals surface area (Å²) in [6.45, 7) is 20.8. The minimum Gasteiger partial charge on any atom is -0.467 e. The van der Waals surface area contributed by atoms with Crippen molar-refractivity contribution in [1.82, 2.24) is 9.80 Å². The number of hydrogen-bond acceptors (Lipinski definition) is 10. The molecular formula is C41H60N2O10Si2. The van der Waals surface area contributed by atoms with Gasteiger partial charge in [-0.15, -0.1) is 0 Å². The molecule has 12 nitrogen and oxygen atoms in total. The molecule has 0 bridgehead atoms. The molecule has 2 heterocycles. The number of rotatable bonds is 16. The van der Waals surface area contributed by atoms with E-state index in [0.29, 0.717) is 48.7 Å². The van der Waals surface area contributed by atoms with E-state index in [0.717, 1.165) is 28.8 Å². The third-order valence-electron chi connectivity index (χ3n) is 9.07. The Bertz CT molecular complexity index is 1710. The van der Waals surface area contributed by atoms with Crippen molar-refractivity contribution >= 4 is 39.9 Å². The first-order chi connectivity index (χ1) is 25.9. The van der Waals surface area contributed by atoms with Gasteiger partial charge < -0.3 is 38.2 Å². The summed E-state index contributed by atoms with van der Waals surface area (Å²) in [4.78, 5) is 53.2. The van der Waals surface area contributed by atoms with E-state index in [1.54, 1.807) is 30.6 Å². The van der Waals surface area contributed by atoms with Crippen LogP contribution in [0.25, 0.3) is 0 Å². The molecule has 0 fully saturated rings. The maximum absolute atomic E-state index is 13.2. The smallest absolute Gasteiger partial charge is 0.329 e. The van der Waals surface area contributed by atoms with Gasteiger partial charge in [0.15, 0.2) is 13.6 Å². The molecule has 302 valence electrons. The van der Waals surface area contributed by atoms with Crippen LogP contribution in [0.2, 0.25) is 51.4 Å². The number of carbonyl (C=O) groups excluding carboxylic acids is 4.